The van der Waals surface area contributed by atoms with Crippen molar-refractivity contribution in [3.05, 3.63) is 29.8 Å². The summed E-state index contributed by atoms with van der Waals surface area (Å²) in [4.78, 5) is 11.7. The van der Waals surface area contributed by atoms with Gasteiger partial charge in [-0.25, -0.2) is 0 Å². The number of benzene rings is 1. The Kier molecular flexibility index (Phi) is 4.79. The minimum Gasteiger partial charge on any atom is -0.497 e. The second kappa shape index (κ2) is 6.12. The van der Waals surface area contributed by atoms with Gasteiger partial charge in [-0.05, 0) is 32.2 Å². The molecule has 16 heavy (non-hydrogen) atoms. The first-order valence-electron chi connectivity index (χ1n) is 5.27. The molecule has 4 nitrogen and oxygen atoms in total. The summed E-state index contributed by atoms with van der Waals surface area (Å²) in [5, 5.41) is 5.90. The van der Waals surface area contributed by atoms with E-state index in [1.807, 2.05) is 20.0 Å². The Morgan fingerprint density at radius 2 is 2.25 bits per heavy atom. The van der Waals surface area contributed by atoms with E-state index in [0.29, 0.717) is 17.9 Å². The van der Waals surface area contributed by atoms with Crippen molar-refractivity contribution in [2.24, 2.45) is 0 Å². The summed E-state index contributed by atoms with van der Waals surface area (Å²) in [6.45, 7) is 2.61. The van der Waals surface area contributed by atoms with Gasteiger partial charge in [0.25, 0.3) is 5.91 Å². The molecule has 0 aliphatic heterocycles. The van der Waals surface area contributed by atoms with Crippen LogP contribution in [0.2, 0.25) is 0 Å². The van der Waals surface area contributed by atoms with E-state index in [1.54, 1.807) is 25.3 Å². The first-order chi connectivity index (χ1) is 7.67. The third-order valence-electron chi connectivity index (χ3n) is 2.39. The molecule has 2 N–H and O–H groups in total. The number of ether oxygens (including phenoxy) is 1. The van der Waals surface area contributed by atoms with Gasteiger partial charge in [0, 0.05) is 18.2 Å². The van der Waals surface area contributed by atoms with Gasteiger partial charge in [-0.2, -0.15) is 0 Å². The molecule has 88 valence electrons. The second-order valence-electron chi connectivity index (χ2n) is 3.63. The van der Waals surface area contributed by atoms with E-state index in [-0.39, 0.29) is 11.9 Å². The maximum absolute atomic E-state index is 11.7. The van der Waals surface area contributed by atoms with Gasteiger partial charge in [0.05, 0.1) is 7.11 Å². The van der Waals surface area contributed by atoms with Crippen LogP contribution < -0.4 is 15.4 Å². The third-order valence-corrected chi connectivity index (χ3v) is 2.39. The fourth-order valence-electron chi connectivity index (χ4n) is 1.21. The van der Waals surface area contributed by atoms with Crippen molar-refractivity contribution in [2.45, 2.75) is 13.0 Å². The Balaban J connectivity index is 2.58. The van der Waals surface area contributed by atoms with Crippen LogP contribution in [-0.4, -0.2) is 32.7 Å². The van der Waals surface area contributed by atoms with Crippen molar-refractivity contribution in [3.63, 3.8) is 0 Å². The van der Waals surface area contributed by atoms with E-state index >= 15 is 0 Å². The molecule has 0 saturated carbocycles. The molecule has 0 aromatic heterocycles. The fourth-order valence-corrected chi connectivity index (χ4v) is 1.21. The lowest BCUT2D eigenvalue weighted by Crippen LogP contribution is -2.37. The lowest BCUT2D eigenvalue weighted by molar-refractivity contribution is 0.0950. The first-order valence-corrected chi connectivity index (χ1v) is 5.27. The molecule has 0 radical (unpaired) electrons. The van der Waals surface area contributed by atoms with Crippen molar-refractivity contribution in [2.75, 3.05) is 20.7 Å². The number of carbonyl (C=O) groups excluding carboxylic acids is 1. The van der Waals surface area contributed by atoms with E-state index < -0.39 is 0 Å². The molecule has 0 spiro atoms. The Bertz CT molecular complexity index is 353. The highest BCUT2D eigenvalue weighted by Crippen LogP contribution is 2.12. The van der Waals surface area contributed by atoms with Gasteiger partial charge in [0.2, 0.25) is 0 Å². The largest absolute Gasteiger partial charge is 0.497 e. The average Bonchev–Trinajstić information content (AvgIpc) is 2.35. The highest BCUT2D eigenvalue weighted by Gasteiger charge is 2.07. The monoisotopic (exact) mass is 222 g/mol. The van der Waals surface area contributed by atoms with Gasteiger partial charge in [-0.1, -0.05) is 6.07 Å². The molecule has 1 amide bonds. The molecule has 0 aliphatic rings. The maximum Gasteiger partial charge on any atom is 0.251 e. The number of carbonyl (C=O) groups is 1. The van der Waals surface area contributed by atoms with Gasteiger partial charge in [0.15, 0.2) is 0 Å². The van der Waals surface area contributed by atoms with Gasteiger partial charge in [-0.3, -0.25) is 4.79 Å². The van der Waals surface area contributed by atoms with Crippen LogP contribution in [0.5, 0.6) is 5.75 Å². The quantitative estimate of drug-likeness (QED) is 0.782. The van der Waals surface area contributed by atoms with Gasteiger partial charge in [0.1, 0.15) is 5.75 Å². The summed E-state index contributed by atoms with van der Waals surface area (Å²) in [5.41, 5.74) is 0.614. The minimum absolute atomic E-state index is 0.0824. The minimum atomic E-state index is -0.0824. The fraction of sp³-hybridized carbons (Fsp3) is 0.417. The molecular weight excluding hydrogens is 204 g/mol. The molecule has 0 fully saturated rings. The van der Waals surface area contributed by atoms with Crippen LogP contribution in [-0.2, 0) is 0 Å². The summed E-state index contributed by atoms with van der Waals surface area (Å²) in [6.07, 6.45) is 0. The van der Waals surface area contributed by atoms with Gasteiger partial charge in [-0.15, -0.1) is 0 Å². The van der Waals surface area contributed by atoms with Crippen LogP contribution in [0.25, 0.3) is 0 Å². The molecule has 1 aromatic rings. The molecule has 0 heterocycles. The second-order valence-corrected chi connectivity index (χ2v) is 3.63. The lowest BCUT2D eigenvalue weighted by Gasteiger charge is -2.11. The van der Waals surface area contributed by atoms with Crippen LogP contribution in [0.1, 0.15) is 17.3 Å². The van der Waals surface area contributed by atoms with E-state index in [0.717, 1.165) is 0 Å². The number of hydrogen-bond acceptors (Lipinski definition) is 3. The number of methoxy groups -OCH3 is 1. The normalized spacial score (nSPS) is 11.9. The number of likely N-dealkylation sites (N-methyl/N-ethyl adjacent to an activating group) is 1. The van der Waals surface area contributed by atoms with Crippen molar-refractivity contribution in [1.29, 1.82) is 0 Å². The van der Waals surface area contributed by atoms with Gasteiger partial charge < -0.3 is 15.4 Å². The number of hydrogen-bond donors (Lipinski definition) is 2. The first kappa shape index (κ1) is 12.5. The van der Waals surface area contributed by atoms with Gasteiger partial charge >= 0.3 is 0 Å². The highest BCUT2D eigenvalue weighted by atomic mass is 16.5. The topological polar surface area (TPSA) is 50.4 Å². The van der Waals surface area contributed by atoms with Crippen LogP contribution in [0, 0.1) is 0 Å². The van der Waals surface area contributed by atoms with E-state index in [2.05, 4.69) is 10.6 Å². The van der Waals surface area contributed by atoms with E-state index in [4.69, 9.17) is 4.74 Å². The standard InChI is InChI=1S/C12H18N2O2/c1-9(13-2)8-14-12(15)10-5-4-6-11(7-10)16-3/h4-7,9,13H,8H2,1-3H3,(H,14,15). The Hall–Kier alpha value is -1.55. The van der Waals surface area contributed by atoms with Crippen molar-refractivity contribution in [1.82, 2.24) is 10.6 Å². The number of amides is 1. The van der Waals surface area contributed by atoms with Crippen LogP contribution in [0.15, 0.2) is 24.3 Å². The molecule has 1 atom stereocenters. The predicted molar refractivity (Wildman–Crippen MR) is 63.8 cm³/mol. The zero-order valence-electron chi connectivity index (χ0n) is 9.91. The van der Waals surface area contributed by atoms with Crippen LogP contribution in [0.3, 0.4) is 0 Å². The van der Waals surface area contributed by atoms with Crippen LogP contribution >= 0.6 is 0 Å². The Morgan fingerprint density at radius 1 is 1.50 bits per heavy atom. The lowest BCUT2D eigenvalue weighted by atomic mass is 10.2. The Labute approximate surface area is 96.0 Å². The highest BCUT2D eigenvalue weighted by molar-refractivity contribution is 5.94. The molecule has 1 unspecified atom stereocenters. The van der Waals surface area contributed by atoms with Crippen LogP contribution in [0.4, 0.5) is 0 Å². The number of rotatable bonds is 5. The predicted octanol–water partition coefficient (Wildman–Crippen LogP) is 1.03. The zero-order valence-corrected chi connectivity index (χ0v) is 9.91. The molecule has 0 saturated heterocycles. The smallest absolute Gasteiger partial charge is 0.251 e. The molecule has 0 bridgehead atoms. The Morgan fingerprint density at radius 3 is 2.88 bits per heavy atom. The molecule has 1 aromatic carbocycles. The summed E-state index contributed by atoms with van der Waals surface area (Å²) >= 11 is 0. The van der Waals surface area contributed by atoms with Crippen molar-refractivity contribution < 1.29 is 9.53 Å². The summed E-state index contributed by atoms with van der Waals surface area (Å²) in [5.74, 6) is 0.607. The molecule has 0 aliphatic carbocycles. The summed E-state index contributed by atoms with van der Waals surface area (Å²) in [7, 11) is 3.45. The SMILES string of the molecule is CNC(C)CNC(=O)c1cccc(OC)c1. The maximum atomic E-state index is 11.7. The zero-order chi connectivity index (χ0) is 12.0. The molecule has 1 rings (SSSR count). The van der Waals surface area contributed by atoms with E-state index in [9.17, 15) is 4.79 Å². The average molecular weight is 222 g/mol. The molecular formula is C12H18N2O2. The third kappa shape index (κ3) is 3.55. The summed E-state index contributed by atoms with van der Waals surface area (Å²) in [6, 6.07) is 7.36. The molecule has 4 heteroatoms. The van der Waals surface area contributed by atoms with Crippen molar-refractivity contribution >= 4 is 5.91 Å². The van der Waals surface area contributed by atoms with Crippen molar-refractivity contribution in [3.8, 4) is 5.75 Å². The summed E-state index contributed by atoms with van der Waals surface area (Å²) < 4.78 is 5.06. The number of nitrogens with one attached hydrogen (secondary N) is 2. The van der Waals surface area contributed by atoms with E-state index in [1.165, 1.54) is 0 Å².